The van der Waals surface area contributed by atoms with Crippen molar-refractivity contribution in [1.29, 1.82) is 0 Å². The molecule has 2 aliphatic heterocycles. The van der Waals surface area contributed by atoms with Crippen LogP contribution in [-0.2, 0) is 0 Å². The molecule has 0 aromatic carbocycles. The largest absolute Gasteiger partial charge is 0.298 e. The molecular formula is C16H27N3S. The number of rotatable bonds is 3. The molecule has 3 unspecified atom stereocenters. The molecule has 1 aromatic rings. The SMILES string of the molecule is CC(C)C1CN2CCCCC2CN1C(C)c1nccs1. The van der Waals surface area contributed by atoms with Gasteiger partial charge in [0.05, 0.1) is 6.04 Å². The Morgan fingerprint density at radius 3 is 2.80 bits per heavy atom. The van der Waals surface area contributed by atoms with Crippen molar-refractivity contribution in [3.8, 4) is 0 Å². The van der Waals surface area contributed by atoms with E-state index >= 15 is 0 Å². The van der Waals surface area contributed by atoms with Crippen molar-refractivity contribution < 1.29 is 0 Å². The minimum Gasteiger partial charge on any atom is -0.298 e. The highest BCUT2D eigenvalue weighted by Gasteiger charge is 2.38. The van der Waals surface area contributed by atoms with E-state index in [0.29, 0.717) is 18.0 Å². The molecule has 0 N–H and O–H groups in total. The van der Waals surface area contributed by atoms with Gasteiger partial charge in [0.2, 0.25) is 0 Å². The van der Waals surface area contributed by atoms with E-state index in [1.807, 2.05) is 6.20 Å². The lowest BCUT2D eigenvalue weighted by Gasteiger charge is -2.51. The third-order valence-corrected chi connectivity index (χ3v) is 6.04. The minimum absolute atomic E-state index is 0.464. The number of hydrogen-bond acceptors (Lipinski definition) is 4. The number of piperidine rings is 1. The van der Waals surface area contributed by atoms with Crippen LogP contribution >= 0.6 is 11.3 Å². The van der Waals surface area contributed by atoms with E-state index in [-0.39, 0.29) is 0 Å². The number of hydrogen-bond donors (Lipinski definition) is 0. The number of piperazine rings is 1. The Morgan fingerprint density at radius 2 is 2.10 bits per heavy atom. The van der Waals surface area contributed by atoms with Crippen LogP contribution in [0.25, 0.3) is 0 Å². The zero-order chi connectivity index (χ0) is 14.1. The van der Waals surface area contributed by atoms with Crippen molar-refractivity contribution >= 4 is 11.3 Å². The maximum atomic E-state index is 4.55. The first kappa shape index (κ1) is 14.5. The van der Waals surface area contributed by atoms with E-state index < -0.39 is 0 Å². The van der Waals surface area contributed by atoms with Gasteiger partial charge in [0, 0.05) is 36.8 Å². The third kappa shape index (κ3) is 2.78. The van der Waals surface area contributed by atoms with E-state index in [4.69, 9.17) is 0 Å². The lowest BCUT2D eigenvalue weighted by atomic mass is 9.91. The van der Waals surface area contributed by atoms with Crippen molar-refractivity contribution in [3.63, 3.8) is 0 Å². The molecule has 3 nitrogen and oxygen atoms in total. The monoisotopic (exact) mass is 293 g/mol. The van der Waals surface area contributed by atoms with Crippen molar-refractivity contribution in [2.75, 3.05) is 19.6 Å². The summed E-state index contributed by atoms with van der Waals surface area (Å²) in [4.78, 5) is 10.0. The Labute approximate surface area is 127 Å². The number of nitrogens with zero attached hydrogens (tertiary/aromatic N) is 3. The van der Waals surface area contributed by atoms with Gasteiger partial charge in [0.25, 0.3) is 0 Å². The van der Waals surface area contributed by atoms with Gasteiger partial charge < -0.3 is 0 Å². The second-order valence-electron chi connectivity index (χ2n) is 6.70. The van der Waals surface area contributed by atoms with Gasteiger partial charge in [0.1, 0.15) is 5.01 Å². The first-order valence-corrected chi connectivity index (χ1v) is 8.94. The highest BCUT2D eigenvalue weighted by molar-refractivity contribution is 7.09. The summed E-state index contributed by atoms with van der Waals surface area (Å²) < 4.78 is 0. The highest BCUT2D eigenvalue weighted by Crippen LogP contribution is 2.33. The fourth-order valence-electron chi connectivity index (χ4n) is 3.85. The Bertz CT molecular complexity index is 417. The molecule has 0 amide bonds. The van der Waals surface area contributed by atoms with Gasteiger partial charge in [-0.2, -0.15) is 0 Å². The quantitative estimate of drug-likeness (QED) is 0.851. The molecule has 4 heteroatoms. The first-order valence-electron chi connectivity index (χ1n) is 8.06. The molecule has 0 radical (unpaired) electrons. The van der Waals surface area contributed by atoms with Gasteiger partial charge in [-0.25, -0.2) is 4.98 Å². The summed E-state index contributed by atoms with van der Waals surface area (Å²) in [6.07, 6.45) is 6.12. The van der Waals surface area contributed by atoms with Crippen LogP contribution in [0, 0.1) is 5.92 Å². The molecule has 2 aliphatic rings. The van der Waals surface area contributed by atoms with Gasteiger partial charge in [-0.05, 0) is 32.2 Å². The van der Waals surface area contributed by atoms with Crippen molar-refractivity contribution in [3.05, 3.63) is 16.6 Å². The van der Waals surface area contributed by atoms with E-state index in [1.165, 1.54) is 43.9 Å². The number of aromatic nitrogens is 1. The molecular weight excluding hydrogens is 266 g/mol. The molecule has 3 atom stereocenters. The Morgan fingerprint density at radius 1 is 1.25 bits per heavy atom. The van der Waals surface area contributed by atoms with Crippen LogP contribution < -0.4 is 0 Å². The average molecular weight is 293 g/mol. The molecule has 112 valence electrons. The smallest absolute Gasteiger partial charge is 0.109 e. The summed E-state index contributed by atoms with van der Waals surface area (Å²) >= 11 is 1.80. The zero-order valence-electron chi connectivity index (χ0n) is 13.0. The molecule has 1 aromatic heterocycles. The van der Waals surface area contributed by atoms with Crippen LogP contribution in [0.4, 0.5) is 0 Å². The second-order valence-corrected chi connectivity index (χ2v) is 7.63. The Kier molecular flexibility index (Phi) is 4.43. The molecule has 2 fully saturated rings. The summed E-state index contributed by atoms with van der Waals surface area (Å²) in [5.74, 6) is 0.709. The zero-order valence-corrected chi connectivity index (χ0v) is 13.8. The van der Waals surface area contributed by atoms with Crippen molar-refractivity contribution in [2.45, 2.75) is 58.2 Å². The van der Waals surface area contributed by atoms with E-state index in [2.05, 4.69) is 40.9 Å². The first-order chi connectivity index (χ1) is 9.66. The molecule has 0 spiro atoms. The molecule has 2 saturated heterocycles. The van der Waals surface area contributed by atoms with Gasteiger partial charge in [0.15, 0.2) is 0 Å². The minimum atomic E-state index is 0.464. The summed E-state index contributed by atoms with van der Waals surface area (Å²) in [5, 5.41) is 3.38. The van der Waals surface area contributed by atoms with E-state index in [0.717, 1.165) is 6.04 Å². The Hall–Kier alpha value is -0.450. The van der Waals surface area contributed by atoms with Gasteiger partial charge in [-0.15, -0.1) is 11.3 Å². The summed E-state index contributed by atoms with van der Waals surface area (Å²) in [6, 6.07) is 1.91. The van der Waals surface area contributed by atoms with Crippen LogP contribution in [0.2, 0.25) is 0 Å². The average Bonchev–Trinajstić information content (AvgIpc) is 2.99. The maximum Gasteiger partial charge on any atom is 0.109 e. The standard InChI is InChI=1S/C16H27N3S/c1-12(2)15-11-18-8-5-4-6-14(18)10-19(15)13(3)16-17-7-9-20-16/h7,9,12-15H,4-6,8,10-11H2,1-3H3. The molecule has 3 rings (SSSR count). The third-order valence-electron chi connectivity index (χ3n) is 5.09. The van der Waals surface area contributed by atoms with Crippen molar-refractivity contribution in [1.82, 2.24) is 14.8 Å². The summed E-state index contributed by atoms with van der Waals surface area (Å²) in [7, 11) is 0. The lowest BCUT2D eigenvalue weighted by Crippen LogP contribution is -2.61. The van der Waals surface area contributed by atoms with Crippen LogP contribution in [0.15, 0.2) is 11.6 Å². The van der Waals surface area contributed by atoms with E-state index in [9.17, 15) is 0 Å². The predicted octanol–water partition coefficient (Wildman–Crippen LogP) is 3.40. The summed E-state index contributed by atoms with van der Waals surface area (Å²) in [5.41, 5.74) is 0. The van der Waals surface area contributed by atoms with Gasteiger partial charge in [-0.3, -0.25) is 9.80 Å². The van der Waals surface area contributed by atoms with Crippen LogP contribution in [0.5, 0.6) is 0 Å². The Balaban J connectivity index is 1.79. The fourth-order valence-corrected chi connectivity index (χ4v) is 4.57. The molecule has 3 heterocycles. The molecule has 0 saturated carbocycles. The second kappa shape index (κ2) is 6.12. The fraction of sp³-hybridized carbons (Fsp3) is 0.812. The van der Waals surface area contributed by atoms with Crippen LogP contribution in [0.3, 0.4) is 0 Å². The molecule has 0 bridgehead atoms. The van der Waals surface area contributed by atoms with Gasteiger partial charge in [-0.1, -0.05) is 20.3 Å². The molecule has 20 heavy (non-hydrogen) atoms. The lowest BCUT2D eigenvalue weighted by molar-refractivity contribution is -0.0272. The summed E-state index contributed by atoms with van der Waals surface area (Å²) in [6.45, 7) is 10.9. The predicted molar refractivity (Wildman–Crippen MR) is 85.1 cm³/mol. The number of thiazole rings is 1. The van der Waals surface area contributed by atoms with Crippen LogP contribution in [-0.4, -0.2) is 46.5 Å². The van der Waals surface area contributed by atoms with Crippen molar-refractivity contribution in [2.24, 2.45) is 5.92 Å². The van der Waals surface area contributed by atoms with Gasteiger partial charge >= 0.3 is 0 Å². The molecule has 0 aliphatic carbocycles. The maximum absolute atomic E-state index is 4.55. The topological polar surface area (TPSA) is 19.4 Å². The highest BCUT2D eigenvalue weighted by atomic mass is 32.1. The van der Waals surface area contributed by atoms with E-state index in [1.54, 1.807) is 11.3 Å². The van der Waals surface area contributed by atoms with Crippen LogP contribution in [0.1, 0.15) is 51.1 Å². The normalized spacial score (nSPS) is 30.4. The number of fused-ring (bicyclic) bond motifs is 1.